The van der Waals surface area contributed by atoms with Crippen molar-refractivity contribution >= 4 is 0 Å². The molecule has 1 fully saturated rings. The maximum absolute atomic E-state index is 9.68. The minimum atomic E-state index is -0.262. The summed E-state index contributed by atoms with van der Waals surface area (Å²) >= 11 is 0. The van der Waals surface area contributed by atoms with Crippen LogP contribution in [-0.2, 0) is 0 Å². The molecule has 4 heteroatoms. The zero-order chi connectivity index (χ0) is 12.7. The monoisotopic (exact) mass is 243 g/mol. The van der Waals surface area contributed by atoms with Gasteiger partial charge in [0.2, 0.25) is 0 Å². The quantitative estimate of drug-likeness (QED) is 0.604. The zero-order valence-electron chi connectivity index (χ0n) is 11.7. The highest BCUT2D eigenvalue weighted by atomic mass is 16.3. The van der Waals surface area contributed by atoms with Crippen molar-refractivity contribution in [2.75, 3.05) is 47.3 Å². The molecule has 0 radical (unpaired) electrons. The van der Waals surface area contributed by atoms with Crippen LogP contribution < -0.4 is 5.32 Å². The van der Waals surface area contributed by atoms with Crippen LogP contribution in [0, 0.1) is 0 Å². The lowest BCUT2D eigenvalue weighted by Gasteiger charge is -2.24. The molecule has 0 heterocycles. The number of aliphatic hydroxyl groups is 1. The second-order valence-corrected chi connectivity index (χ2v) is 5.54. The van der Waals surface area contributed by atoms with Gasteiger partial charge in [0.1, 0.15) is 0 Å². The standard InChI is InChI=1S/C13H29N3O/c1-15(2)11-13(17)10-14-8-9-16(3)12-6-4-5-7-12/h12-14,17H,4-11H2,1-3H3. The van der Waals surface area contributed by atoms with Crippen LogP contribution in [0.4, 0.5) is 0 Å². The van der Waals surface area contributed by atoms with Gasteiger partial charge < -0.3 is 20.2 Å². The Morgan fingerprint density at radius 3 is 2.47 bits per heavy atom. The first kappa shape index (κ1) is 14.9. The van der Waals surface area contributed by atoms with Crippen molar-refractivity contribution in [3.05, 3.63) is 0 Å². The molecule has 102 valence electrons. The Morgan fingerprint density at radius 1 is 1.24 bits per heavy atom. The summed E-state index contributed by atoms with van der Waals surface area (Å²) < 4.78 is 0. The molecule has 1 saturated carbocycles. The van der Waals surface area contributed by atoms with Gasteiger partial charge in [-0.25, -0.2) is 0 Å². The first-order chi connectivity index (χ1) is 8.09. The van der Waals surface area contributed by atoms with E-state index in [4.69, 9.17) is 0 Å². The molecule has 0 aromatic carbocycles. The highest BCUT2D eigenvalue weighted by Crippen LogP contribution is 2.21. The third kappa shape index (κ3) is 6.36. The van der Waals surface area contributed by atoms with Gasteiger partial charge in [-0.2, -0.15) is 0 Å². The van der Waals surface area contributed by atoms with Gasteiger partial charge in [-0.1, -0.05) is 12.8 Å². The fraction of sp³-hybridized carbons (Fsp3) is 1.00. The van der Waals surface area contributed by atoms with Crippen molar-refractivity contribution in [3.8, 4) is 0 Å². The Labute approximate surface area is 106 Å². The average Bonchev–Trinajstić information content (AvgIpc) is 2.76. The molecule has 1 unspecified atom stereocenters. The van der Waals surface area contributed by atoms with E-state index in [1.165, 1.54) is 25.7 Å². The van der Waals surface area contributed by atoms with E-state index < -0.39 is 0 Å². The Hall–Kier alpha value is -0.160. The van der Waals surface area contributed by atoms with Gasteiger partial charge in [-0.15, -0.1) is 0 Å². The van der Waals surface area contributed by atoms with E-state index in [1.54, 1.807) is 0 Å². The van der Waals surface area contributed by atoms with Gasteiger partial charge in [0.15, 0.2) is 0 Å². The van der Waals surface area contributed by atoms with E-state index >= 15 is 0 Å². The Balaban J connectivity index is 1.99. The van der Waals surface area contributed by atoms with Crippen LogP contribution in [0.3, 0.4) is 0 Å². The molecule has 2 N–H and O–H groups in total. The van der Waals surface area contributed by atoms with Crippen LogP contribution in [0.25, 0.3) is 0 Å². The predicted octanol–water partition coefficient (Wildman–Crippen LogP) is 0.373. The maximum Gasteiger partial charge on any atom is 0.0791 e. The van der Waals surface area contributed by atoms with E-state index in [1.807, 2.05) is 19.0 Å². The number of aliphatic hydroxyl groups excluding tert-OH is 1. The van der Waals surface area contributed by atoms with E-state index in [0.29, 0.717) is 6.54 Å². The SMILES string of the molecule is CN(C)CC(O)CNCCN(C)C1CCCC1. The lowest BCUT2D eigenvalue weighted by Crippen LogP contribution is -2.39. The largest absolute Gasteiger partial charge is 0.390 e. The molecule has 1 aliphatic rings. The van der Waals surface area contributed by atoms with Crippen molar-refractivity contribution in [2.45, 2.75) is 37.8 Å². The average molecular weight is 243 g/mol. The molecule has 0 aliphatic heterocycles. The lowest BCUT2D eigenvalue weighted by molar-refractivity contribution is 0.133. The Bertz CT molecular complexity index is 193. The van der Waals surface area contributed by atoms with Crippen LogP contribution in [0.5, 0.6) is 0 Å². The number of hydrogen-bond donors (Lipinski definition) is 2. The molecule has 1 aliphatic carbocycles. The fourth-order valence-corrected chi connectivity index (χ4v) is 2.54. The van der Waals surface area contributed by atoms with Gasteiger partial charge in [0.25, 0.3) is 0 Å². The topological polar surface area (TPSA) is 38.7 Å². The van der Waals surface area contributed by atoms with Gasteiger partial charge in [0.05, 0.1) is 6.10 Å². The second kappa shape index (κ2) is 8.03. The minimum absolute atomic E-state index is 0.262. The summed E-state index contributed by atoms with van der Waals surface area (Å²) in [4.78, 5) is 4.47. The van der Waals surface area contributed by atoms with E-state index in [9.17, 15) is 5.11 Å². The summed E-state index contributed by atoms with van der Waals surface area (Å²) in [7, 11) is 6.18. The Kier molecular flexibility index (Phi) is 7.04. The molecular formula is C13H29N3O. The summed E-state index contributed by atoms with van der Waals surface area (Å²) in [6.07, 6.45) is 5.25. The summed E-state index contributed by atoms with van der Waals surface area (Å²) in [5, 5.41) is 13.0. The van der Waals surface area contributed by atoms with Crippen LogP contribution in [-0.4, -0.2) is 74.4 Å². The number of nitrogens with zero attached hydrogens (tertiary/aromatic N) is 2. The fourth-order valence-electron chi connectivity index (χ4n) is 2.54. The van der Waals surface area contributed by atoms with Gasteiger partial charge in [0, 0.05) is 32.2 Å². The van der Waals surface area contributed by atoms with Crippen molar-refractivity contribution < 1.29 is 5.11 Å². The summed E-state index contributed by atoms with van der Waals surface area (Å²) in [5.74, 6) is 0. The van der Waals surface area contributed by atoms with Crippen molar-refractivity contribution in [2.24, 2.45) is 0 Å². The Morgan fingerprint density at radius 2 is 1.88 bits per heavy atom. The first-order valence-electron chi connectivity index (χ1n) is 6.83. The van der Waals surface area contributed by atoms with Crippen molar-refractivity contribution in [1.29, 1.82) is 0 Å². The third-order valence-corrected chi connectivity index (χ3v) is 3.55. The van der Waals surface area contributed by atoms with E-state index in [-0.39, 0.29) is 6.10 Å². The van der Waals surface area contributed by atoms with Crippen LogP contribution >= 0.6 is 0 Å². The smallest absolute Gasteiger partial charge is 0.0791 e. The molecule has 0 aromatic heterocycles. The van der Waals surface area contributed by atoms with Crippen molar-refractivity contribution in [3.63, 3.8) is 0 Å². The van der Waals surface area contributed by atoms with Gasteiger partial charge >= 0.3 is 0 Å². The molecule has 17 heavy (non-hydrogen) atoms. The van der Waals surface area contributed by atoms with Crippen LogP contribution in [0.15, 0.2) is 0 Å². The highest BCUT2D eigenvalue weighted by molar-refractivity contribution is 4.75. The first-order valence-corrected chi connectivity index (χ1v) is 6.83. The lowest BCUT2D eigenvalue weighted by atomic mass is 10.2. The minimum Gasteiger partial charge on any atom is -0.390 e. The van der Waals surface area contributed by atoms with E-state index in [0.717, 1.165) is 25.7 Å². The number of rotatable bonds is 8. The third-order valence-electron chi connectivity index (χ3n) is 3.55. The molecule has 0 saturated heterocycles. The zero-order valence-corrected chi connectivity index (χ0v) is 11.7. The molecule has 0 spiro atoms. The molecular weight excluding hydrogens is 214 g/mol. The highest BCUT2D eigenvalue weighted by Gasteiger charge is 2.18. The van der Waals surface area contributed by atoms with Crippen molar-refractivity contribution in [1.82, 2.24) is 15.1 Å². The van der Waals surface area contributed by atoms with Gasteiger partial charge in [-0.05, 0) is 34.0 Å². The summed E-state index contributed by atoms with van der Waals surface area (Å²) in [6, 6.07) is 0.795. The molecule has 1 rings (SSSR count). The number of likely N-dealkylation sites (N-methyl/N-ethyl adjacent to an activating group) is 2. The molecule has 0 amide bonds. The predicted molar refractivity (Wildman–Crippen MR) is 72.3 cm³/mol. The number of nitrogens with one attached hydrogen (secondary N) is 1. The summed E-state index contributed by atoms with van der Waals surface area (Å²) in [6.45, 7) is 3.47. The maximum atomic E-state index is 9.68. The second-order valence-electron chi connectivity index (χ2n) is 5.54. The molecule has 0 aromatic rings. The molecule has 0 bridgehead atoms. The molecule has 4 nitrogen and oxygen atoms in total. The van der Waals surface area contributed by atoms with Crippen LogP contribution in [0.1, 0.15) is 25.7 Å². The van der Waals surface area contributed by atoms with Gasteiger partial charge in [-0.3, -0.25) is 0 Å². The normalized spacial score (nSPS) is 19.4. The van der Waals surface area contributed by atoms with E-state index in [2.05, 4.69) is 17.3 Å². The number of hydrogen-bond acceptors (Lipinski definition) is 4. The molecule has 1 atom stereocenters. The summed E-state index contributed by atoms with van der Waals surface area (Å²) in [5.41, 5.74) is 0. The van der Waals surface area contributed by atoms with Crippen LogP contribution in [0.2, 0.25) is 0 Å².